The third kappa shape index (κ3) is 2.51. The summed E-state index contributed by atoms with van der Waals surface area (Å²) in [7, 11) is 0. The summed E-state index contributed by atoms with van der Waals surface area (Å²) in [6.45, 7) is 0. The molecule has 0 saturated carbocycles. The Morgan fingerprint density at radius 2 is 2.08 bits per heavy atom. The van der Waals surface area contributed by atoms with Gasteiger partial charge in [0.25, 0.3) is 6.43 Å². The maximum absolute atomic E-state index is 12.3. The lowest BCUT2D eigenvalue weighted by Crippen LogP contribution is -1.94. The Balaban J connectivity index is 3.27. The highest BCUT2D eigenvalue weighted by molar-refractivity contribution is 9.08. The van der Waals surface area contributed by atoms with Crippen molar-refractivity contribution in [1.82, 2.24) is 4.98 Å². The van der Waals surface area contributed by atoms with Crippen LogP contribution in [0.2, 0.25) is 10.2 Å². The summed E-state index contributed by atoms with van der Waals surface area (Å²) in [6, 6.07) is 1.07. The largest absolute Gasteiger partial charge is 0.265 e. The van der Waals surface area contributed by atoms with Gasteiger partial charge < -0.3 is 0 Å². The van der Waals surface area contributed by atoms with Crippen molar-refractivity contribution >= 4 is 39.1 Å². The van der Waals surface area contributed by atoms with E-state index in [2.05, 4.69) is 20.9 Å². The first-order valence-corrected chi connectivity index (χ1v) is 5.13. The Morgan fingerprint density at radius 1 is 1.46 bits per heavy atom. The molecule has 0 amide bonds. The van der Waals surface area contributed by atoms with E-state index in [1.807, 2.05) is 0 Å². The van der Waals surface area contributed by atoms with E-state index in [-0.39, 0.29) is 15.7 Å². The molecule has 0 aliphatic heterocycles. The maximum Gasteiger partial charge on any atom is 0.265 e. The van der Waals surface area contributed by atoms with Gasteiger partial charge >= 0.3 is 0 Å². The van der Waals surface area contributed by atoms with Crippen molar-refractivity contribution in [2.45, 2.75) is 11.8 Å². The van der Waals surface area contributed by atoms with E-state index in [4.69, 9.17) is 23.2 Å². The van der Waals surface area contributed by atoms with E-state index in [1.54, 1.807) is 0 Å². The molecule has 1 aromatic heterocycles. The molecule has 1 rings (SSSR count). The minimum Gasteiger partial charge on any atom is -0.239 e. The van der Waals surface area contributed by atoms with Gasteiger partial charge in [0.05, 0.1) is 10.7 Å². The number of hydrogen-bond donors (Lipinski definition) is 0. The average molecular weight is 291 g/mol. The smallest absolute Gasteiger partial charge is 0.239 e. The van der Waals surface area contributed by atoms with Crippen LogP contribution >= 0.6 is 39.1 Å². The molecule has 0 bridgehead atoms. The minimum absolute atomic E-state index is 0.0224. The highest BCUT2D eigenvalue weighted by Gasteiger charge is 2.16. The number of halogens is 5. The molecule has 13 heavy (non-hydrogen) atoms. The van der Waals surface area contributed by atoms with Gasteiger partial charge in [-0.2, -0.15) is 0 Å². The lowest BCUT2D eigenvalue weighted by Gasteiger charge is -2.06. The van der Waals surface area contributed by atoms with Crippen molar-refractivity contribution in [1.29, 1.82) is 0 Å². The summed E-state index contributed by atoms with van der Waals surface area (Å²) in [4.78, 5) is 3.79. The van der Waals surface area contributed by atoms with Gasteiger partial charge in [-0.15, -0.1) is 0 Å². The van der Waals surface area contributed by atoms with Crippen molar-refractivity contribution in [2.24, 2.45) is 0 Å². The van der Waals surface area contributed by atoms with Crippen LogP contribution in [0.25, 0.3) is 0 Å². The number of alkyl halides is 3. The standard InChI is InChI=1S/C7H4BrCl2F2N/c8-2-4-6(10)3(7(11)12)1-5(9)13-4/h1,7H,2H2. The summed E-state index contributed by atoms with van der Waals surface area (Å²) in [5.41, 5.74) is 0.0422. The molecule has 0 spiro atoms. The molecule has 0 radical (unpaired) electrons. The van der Waals surface area contributed by atoms with Crippen LogP contribution < -0.4 is 0 Å². The molecule has 0 unspecified atom stereocenters. The monoisotopic (exact) mass is 289 g/mol. The Kier molecular flexibility index (Phi) is 3.88. The molecule has 0 atom stereocenters. The fraction of sp³-hybridized carbons (Fsp3) is 0.286. The second kappa shape index (κ2) is 4.53. The summed E-state index contributed by atoms with van der Waals surface area (Å²) >= 11 is 14.2. The quantitative estimate of drug-likeness (QED) is 0.587. The molecule has 72 valence electrons. The minimum atomic E-state index is -2.63. The van der Waals surface area contributed by atoms with Crippen LogP contribution in [0, 0.1) is 0 Å². The Labute approximate surface area is 92.2 Å². The molecule has 0 aliphatic carbocycles. The van der Waals surface area contributed by atoms with Gasteiger partial charge in [-0.25, -0.2) is 13.8 Å². The van der Waals surface area contributed by atoms with E-state index in [1.165, 1.54) is 0 Å². The van der Waals surface area contributed by atoms with Gasteiger partial charge in [-0.05, 0) is 6.07 Å². The Hall–Kier alpha value is 0.0700. The third-order valence-electron chi connectivity index (χ3n) is 1.38. The first-order valence-electron chi connectivity index (χ1n) is 3.25. The molecule has 1 aromatic rings. The zero-order valence-corrected chi connectivity index (χ0v) is 9.30. The SMILES string of the molecule is FC(F)c1cc(Cl)nc(CBr)c1Cl. The van der Waals surface area contributed by atoms with Gasteiger partial charge in [0.2, 0.25) is 0 Å². The number of hydrogen-bond acceptors (Lipinski definition) is 1. The van der Waals surface area contributed by atoms with Crippen LogP contribution in [0.5, 0.6) is 0 Å². The highest BCUT2D eigenvalue weighted by Crippen LogP contribution is 2.31. The second-order valence-corrected chi connectivity index (χ2v) is 3.56. The van der Waals surface area contributed by atoms with E-state index in [0.29, 0.717) is 11.0 Å². The predicted molar refractivity (Wildman–Crippen MR) is 51.8 cm³/mol. The summed E-state index contributed by atoms with van der Waals surface area (Å²) in [5, 5.41) is 0.289. The summed E-state index contributed by atoms with van der Waals surface area (Å²) < 4.78 is 24.7. The summed E-state index contributed by atoms with van der Waals surface area (Å²) in [5.74, 6) is 0. The van der Waals surface area contributed by atoms with Crippen molar-refractivity contribution in [3.63, 3.8) is 0 Å². The molecular formula is C7H4BrCl2F2N. The van der Waals surface area contributed by atoms with Gasteiger partial charge in [-0.3, -0.25) is 0 Å². The van der Waals surface area contributed by atoms with E-state index < -0.39 is 6.43 Å². The second-order valence-electron chi connectivity index (χ2n) is 2.23. The van der Waals surface area contributed by atoms with Crippen LogP contribution in [0.15, 0.2) is 6.07 Å². The number of aromatic nitrogens is 1. The third-order valence-corrected chi connectivity index (χ3v) is 2.55. The zero-order chi connectivity index (χ0) is 10.0. The molecule has 1 heterocycles. The molecule has 6 heteroatoms. The van der Waals surface area contributed by atoms with Crippen molar-refractivity contribution in [2.75, 3.05) is 0 Å². The van der Waals surface area contributed by atoms with Gasteiger partial charge in [0, 0.05) is 10.9 Å². The predicted octanol–water partition coefficient (Wildman–Crippen LogP) is 4.22. The van der Waals surface area contributed by atoms with E-state index in [0.717, 1.165) is 6.07 Å². The Bertz CT molecular complexity index is 320. The fourth-order valence-electron chi connectivity index (χ4n) is 0.816. The molecular weight excluding hydrogens is 287 g/mol. The van der Waals surface area contributed by atoms with Crippen LogP contribution in [-0.4, -0.2) is 4.98 Å². The molecule has 0 aromatic carbocycles. The molecule has 1 nitrogen and oxygen atoms in total. The lowest BCUT2D eigenvalue weighted by atomic mass is 10.2. The maximum atomic E-state index is 12.3. The van der Waals surface area contributed by atoms with Gasteiger partial charge in [-0.1, -0.05) is 39.1 Å². The number of nitrogens with zero attached hydrogens (tertiary/aromatic N) is 1. The van der Waals surface area contributed by atoms with Gasteiger partial charge in [0.1, 0.15) is 5.15 Å². The van der Waals surface area contributed by atoms with Crippen LogP contribution in [0.4, 0.5) is 8.78 Å². The zero-order valence-electron chi connectivity index (χ0n) is 6.20. The molecule has 0 N–H and O–H groups in total. The molecule has 0 saturated heterocycles. The topological polar surface area (TPSA) is 12.9 Å². The first kappa shape index (κ1) is 11.1. The van der Waals surface area contributed by atoms with Crippen LogP contribution in [0.1, 0.15) is 17.7 Å². The van der Waals surface area contributed by atoms with Crippen LogP contribution in [0.3, 0.4) is 0 Å². The highest BCUT2D eigenvalue weighted by atomic mass is 79.9. The van der Waals surface area contributed by atoms with Crippen molar-refractivity contribution in [3.8, 4) is 0 Å². The lowest BCUT2D eigenvalue weighted by molar-refractivity contribution is 0.151. The Morgan fingerprint density at radius 3 is 2.54 bits per heavy atom. The average Bonchev–Trinajstić information content (AvgIpc) is 2.08. The molecule has 0 fully saturated rings. The van der Waals surface area contributed by atoms with Crippen molar-refractivity contribution < 1.29 is 8.78 Å². The fourth-order valence-corrected chi connectivity index (χ4v) is 1.85. The van der Waals surface area contributed by atoms with E-state index in [9.17, 15) is 8.78 Å². The van der Waals surface area contributed by atoms with Crippen molar-refractivity contribution in [3.05, 3.63) is 27.5 Å². The van der Waals surface area contributed by atoms with E-state index >= 15 is 0 Å². The number of pyridine rings is 1. The summed E-state index contributed by atoms with van der Waals surface area (Å²) in [6.07, 6.45) is -2.63. The van der Waals surface area contributed by atoms with Crippen LogP contribution in [-0.2, 0) is 5.33 Å². The molecule has 0 aliphatic rings. The van der Waals surface area contributed by atoms with Gasteiger partial charge in [0.15, 0.2) is 0 Å². The first-order chi connectivity index (χ1) is 6.06. The normalized spacial score (nSPS) is 10.9. The number of rotatable bonds is 2.